The molecule has 2 unspecified atom stereocenters. The van der Waals surface area contributed by atoms with Crippen molar-refractivity contribution < 1.29 is 86.4 Å². The molecule has 0 saturated heterocycles. The summed E-state index contributed by atoms with van der Waals surface area (Å²) in [5.41, 5.74) is -1.46. The minimum absolute atomic E-state index is 0.0453. The third kappa shape index (κ3) is 14.0. The molecule has 2 atom stereocenters. The number of ketones is 3. The highest BCUT2D eigenvalue weighted by Crippen LogP contribution is 2.40. The molecule has 19 heteroatoms. The SMILES string of the molecule is CCC(=O)c1ccc(COc2ccc3c(c2)CCC(Cc2cc(C(F)(F)F)cc(C(F)(F)F)c2)C3=O)cc1.O=C(O)c1ccc(COc2ccc3c(c2)CCC(Cc2cc(C(F)(F)F)cc(C(F)(F)F)c2)C3=O)cc1. The Bertz CT molecular complexity index is 3020. The molecule has 0 bridgehead atoms. The van der Waals surface area contributed by atoms with Crippen molar-refractivity contribution in [2.75, 3.05) is 0 Å². The van der Waals surface area contributed by atoms with Gasteiger partial charge in [-0.25, -0.2) is 4.79 Å². The van der Waals surface area contributed by atoms with E-state index < -0.39 is 64.8 Å². The van der Waals surface area contributed by atoms with Crippen LogP contribution in [0.15, 0.2) is 121 Å². The first-order valence-corrected chi connectivity index (χ1v) is 23.3. The Morgan fingerprint density at radius 3 is 1.15 bits per heavy atom. The van der Waals surface area contributed by atoms with Crippen LogP contribution in [0.25, 0.3) is 0 Å². The standard InChI is InChI=1S/C29H24F6O3.C27H20F6O4/c1-2-26(36)19-5-3-17(4-6-19)16-38-24-9-10-25-20(14-24)7-8-21(27(25)37)11-18-12-22(28(30,31)32)15-23(13-18)29(33,34)35;28-26(29,30)20-10-16(11-21(13-20)27(31,32)33)9-19-6-5-18-12-22(7-8-23(18)24(19)34)37-14-15-1-3-17(4-2-15)25(35)36/h3-6,9-10,12-15,21H,2,7-8,11,16H2,1H3;1-4,7-8,10-13,19H,5-6,9,14H2,(H,35,36). The molecule has 0 heterocycles. The second-order valence-corrected chi connectivity index (χ2v) is 18.1. The maximum atomic E-state index is 13.2. The molecule has 1 N–H and O–H groups in total. The third-order valence-electron chi connectivity index (χ3n) is 12.8. The van der Waals surface area contributed by atoms with Gasteiger partial charge in [0.1, 0.15) is 24.7 Å². The van der Waals surface area contributed by atoms with E-state index in [1.165, 1.54) is 12.1 Å². The highest BCUT2D eigenvalue weighted by molar-refractivity contribution is 6.01. The van der Waals surface area contributed by atoms with Crippen molar-refractivity contribution in [3.05, 3.63) is 199 Å². The molecular formula is C56H44F12O7. The molecule has 2 aliphatic rings. The van der Waals surface area contributed by atoms with Crippen molar-refractivity contribution in [3.8, 4) is 11.5 Å². The molecule has 394 valence electrons. The van der Waals surface area contributed by atoms with Gasteiger partial charge in [0.05, 0.1) is 27.8 Å². The van der Waals surface area contributed by atoms with Gasteiger partial charge in [-0.1, -0.05) is 43.3 Å². The monoisotopic (exact) mass is 1060 g/mol. The minimum atomic E-state index is -4.95. The normalized spacial score (nSPS) is 15.8. The van der Waals surface area contributed by atoms with Crippen LogP contribution in [0.5, 0.6) is 11.5 Å². The van der Waals surface area contributed by atoms with Gasteiger partial charge in [-0.2, -0.15) is 52.7 Å². The number of alkyl halides is 12. The molecular weight excluding hydrogens is 1010 g/mol. The third-order valence-corrected chi connectivity index (χ3v) is 12.8. The van der Waals surface area contributed by atoms with Crippen LogP contribution in [0, 0.1) is 11.8 Å². The lowest BCUT2D eigenvalue weighted by Crippen LogP contribution is -2.25. The van der Waals surface area contributed by atoms with Crippen LogP contribution in [-0.4, -0.2) is 28.4 Å². The van der Waals surface area contributed by atoms with Crippen LogP contribution in [-0.2, 0) is 63.6 Å². The number of Topliss-reactive ketones (excluding diaryl/α,β-unsaturated/α-hetero) is 3. The summed E-state index contributed by atoms with van der Waals surface area (Å²) >= 11 is 0. The predicted octanol–water partition coefficient (Wildman–Crippen LogP) is 14.9. The summed E-state index contributed by atoms with van der Waals surface area (Å²) in [6, 6.07) is 25.8. The minimum Gasteiger partial charge on any atom is -0.489 e. The molecule has 0 amide bonds. The second-order valence-electron chi connectivity index (χ2n) is 18.1. The molecule has 75 heavy (non-hydrogen) atoms. The Balaban J connectivity index is 0.000000219. The Hall–Kier alpha value is -7.44. The zero-order valence-corrected chi connectivity index (χ0v) is 39.5. The number of aryl methyl sites for hydroxylation is 2. The van der Waals surface area contributed by atoms with Crippen LogP contribution < -0.4 is 9.47 Å². The van der Waals surface area contributed by atoms with Crippen molar-refractivity contribution in [2.24, 2.45) is 11.8 Å². The number of halogens is 12. The van der Waals surface area contributed by atoms with Gasteiger partial charge in [0.25, 0.3) is 0 Å². The molecule has 0 saturated carbocycles. The van der Waals surface area contributed by atoms with E-state index in [4.69, 9.17) is 14.6 Å². The largest absolute Gasteiger partial charge is 0.489 e. The van der Waals surface area contributed by atoms with Crippen LogP contribution in [0.1, 0.15) is 123 Å². The van der Waals surface area contributed by atoms with Gasteiger partial charge in [-0.15, -0.1) is 0 Å². The number of carbonyl (C=O) groups excluding carboxylic acids is 3. The molecule has 0 aliphatic heterocycles. The van der Waals surface area contributed by atoms with E-state index >= 15 is 0 Å². The molecule has 8 rings (SSSR count). The fourth-order valence-electron chi connectivity index (χ4n) is 8.88. The highest BCUT2D eigenvalue weighted by atomic mass is 19.4. The van der Waals surface area contributed by atoms with Crippen LogP contribution in [0.2, 0.25) is 0 Å². The summed E-state index contributed by atoms with van der Waals surface area (Å²) in [6.07, 6.45) is -18.4. The lowest BCUT2D eigenvalue weighted by molar-refractivity contribution is -0.144. The molecule has 2 aliphatic carbocycles. The maximum absolute atomic E-state index is 13.2. The van der Waals surface area contributed by atoms with Crippen molar-refractivity contribution in [1.29, 1.82) is 0 Å². The van der Waals surface area contributed by atoms with Crippen LogP contribution in [0.4, 0.5) is 52.7 Å². The van der Waals surface area contributed by atoms with Gasteiger partial charge in [0.15, 0.2) is 17.3 Å². The summed E-state index contributed by atoms with van der Waals surface area (Å²) in [5, 5.41) is 8.96. The zero-order valence-electron chi connectivity index (χ0n) is 39.5. The summed E-state index contributed by atoms with van der Waals surface area (Å²) < 4.78 is 170. The summed E-state index contributed by atoms with van der Waals surface area (Å²) in [6.45, 7) is 2.19. The number of hydrogen-bond donors (Lipinski definition) is 1. The number of aromatic carboxylic acids is 1. The fourth-order valence-corrected chi connectivity index (χ4v) is 8.88. The Labute approximate surface area is 421 Å². The molecule has 0 aromatic heterocycles. The Kier molecular flexibility index (Phi) is 16.4. The fraction of sp³-hybridized carbons (Fsp3) is 0.286. The number of carbonyl (C=O) groups is 4. The quantitative estimate of drug-likeness (QED) is 0.0907. The van der Waals surface area contributed by atoms with Crippen LogP contribution in [0.3, 0.4) is 0 Å². The summed E-state index contributed by atoms with van der Waals surface area (Å²) in [4.78, 5) is 48.8. The van der Waals surface area contributed by atoms with Crippen molar-refractivity contribution in [1.82, 2.24) is 0 Å². The number of rotatable bonds is 13. The molecule has 6 aromatic rings. The predicted molar refractivity (Wildman–Crippen MR) is 249 cm³/mol. The topological polar surface area (TPSA) is 107 Å². The maximum Gasteiger partial charge on any atom is 0.416 e. The lowest BCUT2D eigenvalue weighted by atomic mass is 9.79. The molecule has 6 aromatic carbocycles. The molecule has 0 spiro atoms. The lowest BCUT2D eigenvalue weighted by Gasteiger charge is -2.24. The number of carboxylic acid groups (broad SMARTS) is 1. The van der Waals surface area contributed by atoms with Crippen LogP contribution >= 0.6 is 0 Å². The van der Waals surface area contributed by atoms with Crippen molar-refractivity contribution in [3.63, 3.8) is 0 Å². The second kappa shape index (κ2) is 22.2. The van der Waals surface area contributed by atoms with E-state index in [0.717, 1.165) is 11.1 Å². The number of hydrogen-bond acceptors (Lipinski definition) is 6. The van der Waals surface area contributed by atoms with E-state index in [2.05, 4.69) is 0 Å². The van der Waals surface area contributed by atoms with Gasteiger partial charge in [0, 0.05) is 34.9 Å². The van der Waals surface area contributed by atoms with Gasteiger partial charge in [-0.3, -0.25) is 14.4 Å². The average Bonchev–Trinajstić information content (AvgIpc) is 3.35. The van der Waals surface area contributed by atoms with Gasteiger partial charge in [-0.05, 0) is 157 Å². The first kappa shape index (κ1) is 55.3. The van der Waals surface area contributed by atoms with Gasteiger partial charge >= 0.3 is 30.7 Å². The number of carboxylic acids is 1. The number of ether oxygens (including phenoxy) is 2. The average molecular weight is 1060 g/mol. The smallest absolute Gasteiger partial charge is 0.416 e. The first-order valence-electron chi connectivity index (χ1n) is 23.3. The van der Waals surface area contributed by atoms with E-state index in [0.29, 0.717) is 89.3 Å². The van der Waals surface area contributed by atoms with E-state index in [1.54, 1.807) is 79.7 Å². The van der Waals surface area contributed by atoms with E-state index in [-0.39, 0.29) is 78.6 Å². The molecule has 0 fully saturated rings. The van der Waals surface area contributed by atoms with Crippen molar-refractivity contribution >= 4 is 23.3 Å². The van der Waals surface area contributed by atoms with Gasteiger partial charge in [0.2, 0.25) is 0 Å². The Morgan fingerprint density at radius 1 is 0.480 bits per heavy atom. The van der Waals surface area contributed by atoms with Gasteiger partial charge < -0.3 is 14.6 Å². The van der Waals surface area contributed by atoms with E-state index in [1.807, 2.05) is 0 Å². The zero-order chi connectivity index (χ0) is 54.6. The number of benzene rings is 6. The van der Waals surface area contributed by atoms with E-state index in [9.17, 15) is 71.9 Å². The molecule has 0 radical (unpaired) electrons. The summed E-state index contributed by atoms with van der Waals surface area (Å²) in [7, 11) is 0. The number of fused-ring (bicyclic) bond motifs is 2. The highest BCUT2D eigenvalue weighted by Gasteiger charge is 2.39. The van der Waals surface area contributed by atoms with Crippen molar-refractivity contribution in [2.45, 2.75) is 89.8 Å². The summed E-state index contributed by atoms with van der Waals surface area (Å²) in [5.74, 6) is -2.15. The first-order chi connectivity index (χ1) is 35.2. The Morgan fingerprint density at radius 2 is 0.827 bits per heavy atom. The molecule has 7 nitrogen and oxygen atoms in total.